The Bertz CT molecular complexity index is 343. The highest BCUT2D eigenvalue weighted by molar-refractivity contribution is 5.57. The van der Waals surface area contributed by atoms with Crippen LogP contribution in [0.15, 0.2) is 24.3 Å². The van der Waals surface area contributed by atoms with E-state index < -0.39 is 0 Å². The zero-order chi connectivity index (χ0) is 12.1. The molecule has 2 rings (SSSR count). The Kier molecular flexibility index (Phi) is 4.43. The average molecular weight is 232 g/mol. The first kappa shape index (κ1) is 12.4. The summed E-state index contributed by atoms with van der Waals surface area (Å²) in [6, 6.07) is 9.46. The van der Waals surface area contributed by atoms with Crippen LogP contribution in [0.2, 0.25) is 0 Å². The van der Waals surface area contributed by atoms with E-state index in [2.05, 4.69) is 48.3 Å². The smallest absolute Gasteiger partial charge is 0.0400 e. The van der Waals surface area contributed by atoms with E-state index in [4.69, 9.17) is 0 Å². The van der Waals surface area contributed by atoms with Gasteiger partial charge in [-0.15, -0.1) is 0 Å². The number of nitrogens with zero attached hydrogens (tertiary/aromatic N) is 1. The first-order valence-corrected chi connectivity index (χ1v) is 6.91. The van der Waals surface area contributed by atoms with Gasteiger partial charge >= 0.3 is 0 Å². The molecule has 0 amide bonds. The van der Waals surface area contributed by atoms with Crippen LogP contribution in [0, 0.1) is 0 Å². The van der Waals surface area contributed by atoms with E-state index in [1.807, 2.05) is 0 Å². The van der Waals surface area contributed by atoms with Gasteiger partial charge in [0.05, 0.1) is 0 Å². The molecule has 94 valence electrons. The van der Waals surface area contributed by atoms with E-state index in [-0.39, 0.29) is 0 Å². The van der Waals surface area contributed by atoms with E-state index in [1.54, 1.807) is 0 Å². The molecule has 0 aromatic heterocycles. The van der Waals surface area contributed by atoms with Crippen LogP contribution in [0.25, 0.3) is 0 Å². The van der Waals surface area contributed by atoms with Crippen LogP contribution in [0.5, 0.6) is 0 Å². The van der Waals surface area contributed by atoms with Gasteiger partial charge in [0.15, 0.2) is 0 Å². The summed E-state index contributed by atoms with van der Waals surface area (Å²) in [5, 5.41) is 3.60. The zero-order valence-electron chi connectivity index (χ0n) is 11.1. The highest BCUT2D eigenvalue weighted by Crippen LogP contribution is 2.27. The third kappa shape index (κ3) is 3.01. The third-order valence-corrected chi connectivity index (χ3v) is 3.55. The van der Waals surface area contributed by atoms with Crippen molar-refractivity contribution >= 4 is 5.69 Å². The normalized spacial score (nSPS) is 16.0. The van der Waals surface area contributed by atoms with Crippen LogP contribution in [0.4, 0.5) is 5.69 Å². The summed E-state index contributed by atoms with van der Waals surface area (Å²) in [4.78, 5) is 2.54. The van der Waals surface area contributed by atoms with Crippen molar-refractivity contribution in [1.29, 1.82) is 0 Å². The van der Waals surface area contributed by atoms with Crippen molar-refractivity contribution in [1.82, 2.24) is 5.32 Å². The minimum atomic E-state index is 0.635. The summed E-state index contributed by atoms with van der Waals surface area (Å²) < 4.78 is 0. The molecule has 2 nitrogen and oxygen atoms in total. The van der Waals surface area contributed by atoms with Crippen molar-refractivity contribution in [3.05, 3.63) is 29.8 Å². The number of likely N-dealkylation sites (N-methyl/N-ethyl adjacent to an activating group) is 1. The predicted octanol–water partition coefficient (Wildman–Crippen LogP) is 2.83. The summed E-state index contributed by atoms with van der Waals surface area (Å²) in [7, 11) is 0. The minimum absolute atomic E-state index is 0.635. The van der Waals surface area contributed by atoms with Crippen LogP contribution in [0.3, 0.4) is 0 Å². The lowest BCUT2D eigenvalue weighted by molar-refractivity contribution is 0.484. The van der Waals surface area contributed by atoms with Crippen molar-refractivity contribution < 1.29 is 0 Å². The van der Waals surface area contributed by atoms with Gasteiger partial charge in [-0.1, -0.05) is 38.5 Å². The minimum Gasteiger partial charge on any atom is -0.369 e. The van der Waals surface area contributed by atoms with Crippen LogP contribution < -0.4 is 10.2 Å². The lowest BCUT2D eigenvalue weighted by atomic mass is 10.1. The molecule has 17 heavy (non-hydrogen) atoms. The number of rotatable bonds is 6. The maximum Gasteiger partial charge on any atom is 0.0400 e. The highest BCUT2D eigenvalue weighted by Gasteiger charge is 2.20. The highest BCUT2D eigenvalue weighted by atomic mass is 15.2. The summed E-state index contributed by atoms with van der Waals surface area (Å²) >= 11 is 0. The van der Waals surface area contributed by atoms with Crippen molar-refractivity contribution in [3.8, 4) is 0 Å². The molecule has 0 aliphatic carbocycles. The molecule has 1 atom stereocenters. The Morgan fingerprint density at radius 2 is 2.12 bits per heavy atom. The Hall–Kier alpha value is -1.02. The van der Waals surface area contributed by atoms with Gasteiger partial charge in [-0.2, -0.15) is 0 Å². The molecular formula is C15H24N2. The number of nitrogens with one attached hydrogen (secondary N) is 1. The largest absolute Gasteiger partial charge is 0.369 e. The average Bonchev–Trinajstić information content (AvgIpc) is 2.74. The summed E-state index contributed by atoms with van der Waals surface area (Å²) in [6.07, 6.45) is 3.74. The molecule has 1 N–H and O–H groups in total. The molecule has 1 aliphatic heterocycles. The molecular weight excluding hydrogens is 208 g/mol. The molecule has 0 saturated carbocycles. The van der Waals surface area contributed by atoms with E-state index in [1.165, 1.54) is 37.1 Å². The molecule has 2 heteroatoms. The second kappa shape index (κ2) is 6.06. The van der Waals surface area contributed by atoms with Gasteiger partial charge in [0.1, 0.15) is 0 Å². The molecule has 0 radical (unpaired) electrons. The monoisotopic (exact) mass is 232 g/mol. The molecule has 1 unspecified atom stereocenters. The van der Waals surface area contributed by atoms with Gasteiger partial charge in [0.25, 0.3) is 0 Å². The fourth-order valence-electron chi connectivity index (χ4n) is 2.76. The number of hydrogen-bond acceptors (Lipinski definition) is 2. The maximum atomic E-state index is 3.60. The second-order valence-electron chi connectivity index (χ2n) is 4.87. The molecule has 0 spiro atoms. The first-order valence-electron chi connectivity index (χ1n) is 6.91. The quantitative estimate of drug-likeness (QED) is 0.811. The Morgan fingerprint density at radius 1 is 1.29 bits per heavy atom. The fourth-order valence-corrected chi connectivity index (χ4v) is 2.76. The van der Waals surface area contributed by atoms with Crippen molar-refractivity contribution in [3.63, 3.8) is 0 Å². The topological polar surface area (TPSA) is 15.3 Å². The predicted molar refractivity (Wildman–Crippen MR) is 74.7 cm³/mol. The van der Waals surface area contributed by atoms with E-state index in [0.717, 1.165) is 13.1 Å². The maximum absolute atomic E-state index is 3.60. The van der Waals surface area contributed by atoms with E-state index >= 15 is 0 Å². The third-order valence-electron chi connectivity index (χ3n) is 3.55. The Labute approximate surface area is 105 Å². The number of fused-ring (bicyclic) bond motifs is 1. The number of benzene rings is 1. The molecule has 1 aliphatic rings. The van der Waals surface area contributed by atoms with Gasteiger partial charge in [0, 0.05) is 24.8 Å². The number of para-hydroxylation sites is 1. The lowest BCUT2D eigenvalue weighted by Gasteiger charge is -2.26. The van der Waals surface area contributed by atoms with Crippen molar-refractivity contribution in [2.24, 2.45) is 0 Å². The van der Waals surface area contributed by atoms with Crippen molar-refractivity contribution in [2.75, 3.05) is 24.5 Å². The summed E-state index contributed by atoms with van der Waals surface area (Å²) in [5.74, 6) is 0. The van der Waals surface area contributed by atoms with Crippen LogP contribution >= 0.6 is 0 Å². The summed E-state index contributed by atoms with van der Waals surface area (Å²) in [5.41, 5.74) is 2.96. The molecule has 0 bridgehead atoms. The SMILES string of the molecule is CCCC(CN1CCc2ccccc21)NCC. The van der Waals surface area contributed by atoms with E-state index in [0.29, 0.717) is 6.04 Å². The summed E-state index contributed by atoms with van der Waals surface area (Å²) in [6.45, 7) is 7.87. The number of anilines is 1. The molecule has 0 fully saturated rings. The number of hydrogen-bond donors (Lipinski definition) is 1. The van der Waals surface area contributed by atoms with Crippen LogP contribution in [-0.2, 0) is 6.42 Å². The van der Waals surface area contributed by atoms with E-state index in [9.17, 15) is 0 Å². The fraction of sp³-hybridized carbons (Fsp3) is 0.600. The molecule has 1 aromatic rings. The molecule has 0 saturated heterocycles. The Morgan fingerprint density at radius 3 is 2.88 bits per heavy atom. The molecule has 1 heterocycles. The molecule has 1 aromatic carbocycles. The van der Waals surface area contributed by atoms with Gasteiger partial charge in [-0.3, -0.25) is 0 Å². The van der Waals surface area contributed by atoms with Crippen LogP contribution in [0.1, 0.15) is 32.3 Å². The first-order chi connectivity index (χ1) is 8.35. The van der Waals surface area contributed by atoms with Gasteiger partial charge in [-0.05, 0) is 31.0 Å². The van der Waals surface area contributed by atoms with Crippen LogP contribution in [-0.4, -0.2) is 25.7 Å². The lowest BCUT2D eigenvalue weighted by Crippen LogP contribution is -2.40. The Balaban J connectivity index is 1.99. The van der Waals surface area contributed by atoms with Gasteiger partial charge in [-0.25, -0.2) is 0 Å². The standard InChI is InChI=1S/C15H24N2/c1-3-7-14(16-4-2)12-17-11-10-13-8-5-6-9-15(13)17/h5-6,8-9,14,16H,3-4,7,10-12H2,1-2H3. The van der Waals surface area contributed by atoms with Gasteiger partial charge in [0.2, 0.25) is 0 Å². The van der Waals surface area contributed by atoms with Crippen molar-refractivity contribution in [2.45, 2.75) is 39.2 Å². The zero-order valence-corrected chi connectivity index (χ0v) is 11.1. The van der Waals surface area contributed by atoms with Gasteiger partial charge < -0.3 is 10.2 Å². The second-order valence-corrected chi connectivity index (χ2v) is 4.87.